The SMILES string of the molecule is CC(Cl)C(=O)N(CC(F)(F)F)C(C)C1CC1. The Balaban J connectivity index is 2.71. The van der Waals surface area contributed by atoms with Crippen LogP contribution in [-0.2, 0) is 4.79 Å². The highest BCUT2D eigenvalue weighted by Gasteiger charge is 2.41. The Hall–Kier alpha value is -0.450. The Morgan fingerprint density at radius 3 is 2.25 bits per heavy atom. The first-order valence-electron chi connectivity index (χ1n) is 5.23. The Morgan fingerprint density at radius 1 is 1.44 bits per heavy atom. The van der Waals surface area contributed by atoms with E-state index < -0.39 is 24.0 Å². The minimum absolute atomic E-state index is 0.196. The van der Waals surface area contributed by atoms with Crippen LogP contribution in [0.2, 0.25) is 0 Å². The summed E-state index contributed by atoms with van der Waals surface area (Å²) in [5, 5.41) is -0.913. The standard InChI is InChI=1S/C10H15ClF3NO/c1-6(11)9(16)15(5-10(12,13)14)7(2)8-3-4-8/h6-8H,3-5H2,1-2H3. The van der Waals surface area contributed by atoms with Gasteiger partial charge in [0, 0.05) is 6.04 Å². The van der Waals surface area contributed by atoms with E-state index in [1.54, 1.807) is 6.92 Å². The van der Waals surface area contributed by atoms with Crippen LogP contribution in [0.1, 0.15) is 26.7 Å². The minimum atomic E-state index is -4.37. The summed E-state index contributed by atoms with van der Waals surface area (Å²) in [4.78, 5) is 12.4. The van der Waals surface area contributed by atoms with Gasteiger partial charge in [-0.1, -0.05) is 0 Å². The molecule has 1 aliphatic carbocycles. The molecule has 1 saturated carbocycles. The average molecular weight is 258 g/mol. The second-order valence-corrected chi connectivity index (χ2v) is 4.93. The molecule has 1 amide bonds. The van der Waals surface area contributed by atoms with Gasteiger partial charge in [0.05, 0.1) is 0 Å². The lowest BCUT2D eigenvalue weighted by molar-refractivity contribution is -0.165. The van der Waals surface area contributed by atoms with Gasteiger partial charge in [0.25, 0.3) is 0 Å². The summed E-state index contributed by atoms with van der Waals surface area (Å²) in [5.41, 5.74) is 0. The van der Waals surface area contributed by atoms with Gasteiger partial charge in [0.2, 0.25) is 5.91 Å². The molecule has 0 aromatic heterocycles. The van der Waals surface area contributed by atoms with Gasteiger partial charge >= 0.3 is 6.18 Å². The summed E-state index contributed by atoms with van der Waals surface area (Å²) in [6.07, 6.45) is -2.59. The van der Waals surface area contributed by atoms with Crippen molar-refractivity contribution < 1.29 is 18.0 Å². The molecule has 6 heteroatoms. The normalized spacial score (nSPS) is 20.4. The fourth-order valence-electron chi connectivity index (χ4n) is 1.68. The third-order valence-corrected chi connectivity index (χ3v) is 2.96. The number of alkyl halides is 4. The molecule has 2 nitrogen and oxygen atoms in total. The number of amides is 1. The van der Waals surface area contributed by atoms with Crippen molar-refractivity contribution in [2.45, 2.75) is 44.3 Å². The van der Waals surface area contributed by atoms with Crippen LogP contribution >= 0.6 is 11.6 Å². The van der Waals surface area contributed by atoms with E-state index in [4.69, 9.17) is 11.6 Å². The largest absolute Gasteiger partial charge is 0.406 e. The lowest BCUT2D eigenvalue weighted by atomic mass is 10.1. The first-order valence-corrected chi connectivity index (χ1v) is 5.67. The van der Waals surface area contributed by atoms with Crippen molar-refractivity contribution in [2.24, 2.45) is 5.92 Å². The summed E-state index contributed by atoms with van der Waals surface area (Å²) < 4.78 is 37.0. The van der Waals surface area contributed by atoms with Crippen LogP contribution in [0.25, 0.3) is 0 Å². The van der Waals surface area contributed by atoms with E-state index in [9.17, 15) is 18.0 Å². The number of carbonyl (C=O) groups is 1. The lowest BCUT2D eigenvalue weighted by Crippen LogP contribution is -2.47. The highest BCUT2D eigenvalue weighted by Crippen LogP contribution is 2.36. The summed E-state index contributed by atoms with van der Waals surface area (Å²) >= 11 is 5.56. The van der Waals surface area contributed by atoms with Crippen molar-refractivity contribution in [1.82, 2.24) is 4.90 Å². The molecule has 0 aromatic carbocycles. The molecule has 0 heterocycles. The first-order chi connectivity index (χ1) is 7.22. The van der Waals surface area contributed by atoms with E-state index in [2.05, 4.69) is 0 Å². The van der Waals surface area contributed by atoms with Gasteiger partial charge in [0.1, 0.15) is 11.9 Å². The number of hydrogen-bond acceptors (Lipinski definition) is 1. The molecule has 0 spiro atoms. The molecule has 2 unspecified atom stereocenters. The van der Waals surface area contributed by atoms with E-state index in [0.29, 0.717) is 0 Å². The van der Waals surface area contributed by atoms with Gasteiger partial charge in [-0.15, -0.1) is 11.6 Å². The van der Waals surface area contributed by atoms with Gasteiger partial charge in [-0.2, -0.15) is 13.2 Å². The van der Waals surface area contributed by atoms with Gasteiger partial charge < -0.3 is 4.90 Å². The Kier molecular flexibility index (Phi) is 4.10. The van der Waals surface area contributed by atoms with E-state index in [1.165, 1.54) is 6.92 Å². The van der Waals surface area contributed by atoms with E-state index in [0.717, 1.165) is 17.7 Å². The molecular weight excluding hydrogens is 243 g/mol. The molecule has 1 fully saturated rings. The van der Waals surface area contributed by atoms with Crippen LogP contribution in [0.15, 0.2) is 0 Å². The molecule has 2 atom stereocenters. The van der Waals surface area contributed by atoms with Gasteiger partial charge in [-0.3, -0.25) is 4.79 Å². The maximum absolute atomic E-state index is 12.3. The topological polar surface area (TPSA) is 20.3 Å². The van der Waals surface area contributed by atoms with Crippen LogP contribution in [0, 0.1) is 5.92 Å². The van der Waals surface area contributed by atoms with Crippen molar-refractivity contribution in [3.8, 4) is 0 Å². The molecule has 16 heavy (non-hydrogen) atoms. The summed E-state index contributed by atoms with van der Waals surface area (Å²) in [5.74, 6) is -0.444. The van der Waals surface area contributed by atoms with Crippen LogP contribution < -0.4 is 0 Å². The third-order valence-electron chi connectivity index (χ3n) is 2.77. The van der Waals surface area contributed by atoms with Crippen LogP contribution in [0.4, 0.5) is 13.2 Å². The zero-order valence-corrected chi connectivity index (χ0v) is 9.98. The number of carbonyl (C=O) groups excluding carboxylic acids is 1. The molecule has 0 N–H and O–H groups in total. The Labute approximate surface area is 97.7 Å². The molecular formula is C10H15ClF3NO. The maximum Gasteiger partial charge on any atom is 0.406 e. The smallest absolute Gasteiger partial charge is 0.329 e. The predicted octanol–water partition coefficient (Wildman–Crippen LogP) is 2.80. The van der Waals surface area contributed by atoms with Crippen molar-refractivity contribution in [2.75, 3.05) is 6.54 Å². The Bertz CT molecular complexity index is 263. The molecule has 94 valence electrons. The second kappa shape index (κ2) is 4.82. The number of rotatable bonds is 4. The Morgan fingerprint density at radius 2 is 1.94 bits per heavy atom. The molecule has 0 radical (unpaired) electrons. The van der Waals surface area contributed by atoms with E-state index >= 15 is 0 Å². The van der Waals surface area contributed by atoms with Gasteiger partial charge in [-0.25, -0.2) is 0 Å². The zero-order chi connectivity index (χ0) is 12.5. The molecule has 0 saturated heterocycles. The zero-order valence-electron chi connectivity index (χ0n) is 9.22. The van der Waals surface area contributed by atoms with Crippen molar-refractivity contribution in [3.05, 3.63) is 0 Å². The molecule has 0 bridgehead atoms. The van der Waals surface area contributed by atoms with Crippen LogP contribution in [0.3, 0.4) is 0 Å². The molecule has 0 aliphatic heterocycles. The summed E-state index contributed by atoms with van der Waals surface area (Å²) in [7, 11) is 0. The fourth-order valence-corrected chi connectivity index (χ4v) is 1.80. The summed E-state index contributed by atoms with van der Waals surface area (Å²) in [6, 6.07) is -0.379. The van der Waals surface area contributed by atoms with Crippen molar-refractivity contribution >= 4 is 17.5 Å². The van der Waals surface area contributed by atoms with Crippen molar-refractivity contribution in [3.63, 3.8) is 0 Å². The van der Waals surface area contributed by atoms with Crippen molar-refractivity contribution in [1.29, 1.82) is 0 Å². The van der Waals surface area contributed by atoms with Gasteiger partial charge in [0.15, 0.2) is 0 Å². The molecule has 0 aromatic rings. The minimum Gasteiger partial charge on any atom is -0.329 e. The summed E-state index contributed by atoms with van der Waals surface area (Å²) in [6.45, 7) is 1.84. The molecule has 1 aliphatic rings. The number of halogens is 4. The van der Waals surface area contributed by atoms with Crippen LogP contribution in [0.5, 0.6) is 0 Å². The monoisotopic (exact) mass is 257 g/mol. The average Bonchev–Trinajstić information content (AvgIpc) is 2.93. The highest BCUT2D eigenvalue weighted by molar-refractivity contribution is 6.30. The second-order valence-electron chi connectivity index (χ2n) is 4.28. The fraction of sp³-hybridized carbons (Fsp3) is 0.900. The van der Waals surface area contributed by atoms with E-state index in [-0.39, 0.29) is 12.0 Å². The number of nitrogens with zero attached hydrogens (tertiary/aromatic N) is 1. The van der Waals surface area contributed by atoms with E-state index in [1.807, 2.05) is 0 Å². The quantitative estimate of drug-likeness (QED) is 0.709. The highest BCUT2D eigenvalue weighted by atomic mass is 35.5. The predicted molar refractivity (Wildman–Crippen MR) is 55.3 cm³/mol. The van der Waals surface area contributed by atoms with Crippen LogP contribution in [-0.4, -0.2) is 34.9 Å². The number of hydrogen-bond donors (Lipinski definition) is 0. The molecule has 1 rings (SSSR count). The lowest BCUT2D eigenvalue weighted by Gasteiger charge is -2.31. The third kappa shape index (κ3) is 3.85. The maximum atomic E-state index is 12.3. The van der Waals surface area contributed by atoms with Gasteiger partial charge in [-0.05, 0) is 32.6 Å². The first kappa shape index (κ1) is 13.6.